The minimum atomic E-state index is -0.796. The smallest absolute Gasteiger partial charge is 0.295 e. The number of rotatable bonds is 13. The summed E-state index contributed by atoms with van der Waals surface area (Å²) < 4.78 is 22.6. The highest BCUT2D eigenvalue weighted by Crippen LogP contribution is 2.42. The van der Waals surface area contributed by atoms with Crippen LogP contribution in [0.5, 0.6) is 17.2 Å². The van der Waals surface area contributed by atoms with Crippen molar-refractivity contribution in [2.45, 2.75) is 59.6 Å². The van der Waals surface area contributed by atoms with Gasteiger partial charge in [0, 0.05) is 18.7 Å². The molecule has 0 spiro atoms. The number of aliphatic hydroxyl groups is 1. The number of amides is 1. The second-order valence-corrected chi connectivity index (χ2v) is 9.44. The van der Waals surface area contributed by atoms with Gasteiger partial charge in [-0.3, -0.25) is 9.59 Å². The quantitative estimate of drug-likeness (QED) is 0.161. The first kappa shape index (κ1) is 29.0. The number of ketones is 1. The van der Waals surface area contributed by atoms with Gasteiger partial charge in [-0.2, -0.15) is 0 Å². The van der Waals surface area contributed by atoms with Crippen LogP contribution in [0.3, 0.4) is 0 Å². The first-order valence-corrected chi connectivity index (χ1v) is 13.2. The number of nitrogens with zero attached hydrogens (tertiary/aromatic N) is 1. The zero-order valence-electron chi connectivity index (χ0n) is 23.2. The van der Waals surface area contributed by atoms with Crippen LogP contribution in [0.4, 0.5) is 0 Å². The number of hydrogen-bond donors (Lipinski definition) is 1. The molecule has 1 aliphatic heterocycles. The Balaban J connectivity index is 2.09. The molecule has 38 heavy (non-hydrogen) atoms. The molecule has 206 valence electrons. The molecule has 1 saturated heterocycles. The Bertz CT molecular complexity index is 1170. The molecular weight excluding hydrogens is 486 g/mol. The predicted molar refractivity (Wildman–Crippen MR) is 146 cm³/mol. The number of carbonyl (C=O) groups excluding carboxylic acids is 2. The maximum atomic E-state index is 13.4. The summed E-state index contributed by atoms with van der Waals surface area (Å²) in [5.41, 5.74) is 1.94. The Morgan fingerprint density at radius 3 is 2.37 bits per heavy atom. The van der Waals surface area contributed by atoms with Crippen LogP contribution < -0.4 is 14.2 Å². The van der Waals surface area contributed by atoms with Crippen LogP contribution in [0.2, 0.25) is 0 Å². The highest BCUT2D eigenvalue weighted by molar-refractivity contribution is 6.46. The van der Waals surface area contributed by atoms with Crippen molar-refractivity contribution in [3.63, 3.8) is 0 Å². The van der Waals surface area contributed by atoms with Gasteiger partial charge < -0.3 is 29.0 Å². The Kier molecular flexibility index (Phi) is 10.2. The van der Waals surface area contributed by atoms with E-state index in [9.17, 15) is 14.7 Å². The molecule has 2 aromatic carbocycles. The number of benzene rings is 2. The minimum Gasteiger partial charge on any atom is -0.507 e. The van der Waals surface area contributed by atoms with E-state index in [4.69, 9.17) is 18.9 Å². The average molecular weight is 526 g/mol. The maximum Gasteiger partial charge on any atom is 0.295 e. The van der Waals surface area contributed by atoms with Crippen LogP contribution in [0.1, 0.15) is 63.3 Å². The van der Waals surface area contributed by atoms with E-state index >= 15 is 0 Å². The van der Waals surface area contributed by atoms with Crippen molar-refractivity contribution in [2.24, 2.45) is 0 Å². The Morgan fingerprint density at radius 2 is 1.74 bits per heavy atom. The fourth-order valence-electron chi connectivity index (χ4n) is 4.47. The largest absolute Gasteiger partial charge is 0.507 e. The summed E-state index contributed by atoms with van der Waals surface area (Å²) in [6.45, 7) is 11.4. The second-order valence-electron chi connectivity index (χ2n) is 9.44. The minimum absolute atomic E-state index is 0.0361. The molecule has 0 aliphatic carbocycles. The molecule has 2 aromatic rings. The molecular formula is C30H39NO7. The number of likely N-dealkylation sites (tertiary alicyclic amines) is 1. The first-order chi connectivity index (χ1) is 18.2. The van der Waals surface area contributed by atoms with Gasteiger partial charge in [-0.25, -0.2) is 0 Å². The van der Waals surface area contributed by atoms with Crippen LogP contribution in [0.15, 0.2) is 42.0 Å². The summed E-state index contributed by atoms with van der Waals surface area (Å²) in [6.07, 6.45) is 1.47. The van der Waals surface area contributed by atoms with E-state index in [0.29, 0.717) is 54.6 Å². The molecule has 1 aliphatic rings. The molecule has 3 rings (SSSR count). The van der Waals surface area contributed by atoms with E-state index in [2.05, 4.69) is 0 Å². The highest BCUT2D eigenvalue weighted by Gasteiger charge is 2.46. The molecule has 1 unspecified atom stereocenters. The van der Waals surface area contributed by atoms with Crippen LogP contribution in [0.25, 0.3) is 5.76 Å². The van der Waals surface area contributed by atoms with E-state index in [-0.39, 0.29) is 24.0 Å². The summed E-state index contributed by atoms with van der Waals surface area (Å²) in [5, 5.41) is 11.4. The van der Waals surface area contributed by atoms with Gasteiger partial charge in [0.2, 0.25) is 0 Å². The SMILES string of the molecule is CCCOc1ccc(/C(O)=C2/C(=O)C(=O)N(CCCOC(C)C)C2c2ccc(OC)c(OCC)c2)cc1C. The van der Waals surface area contributed by atoms with Crippen molar-refractivity contribution in [1.82, 2.24) is 4.90 Å². The van der Waals surface area contributed by atoms with Crippen LogP contribution >= 0.6 is 0 Å². The summed E-state index contributed by atoms with van der Waals surface area (Å²) in [7, 11) is 1.55. The van der Waals surface area contributed by atoms with Gasteiger partial charge in [0.1, 0.15) is 11.5 Å². The predicted octanol–water partition coefficient (Wildman–Crippen LogP) is 5.43. The number of methoxy groups -OCH3 is 1. The van der Waals surface area contributed by atoms with Gasteiger partial charge in [0.15, 0.2) is 11.5 Å². The lowest BCUT2D eigenvalue weighted by Crippen LogP contribution is -2.31. The molecule has 0 aromatic heterocycles. The normalized spacial score (nSPS) is 16.8. The Morgan fingerprint density at radius 1 is 1.00 bits per heavy atom. The number of carbonyl (C=O) groups is 2. The van der Waals surface area contributed by atoms with Gasteiger partial charge in [-0.1, -0.05) is 13.0 Å². The molecule has 1 amide bonds. The van der Waals surface area contributed by atoms with E-state index < -0.39 is 17.7 Å². The Hall–Kier alpha value is -3.52. The van der Waals surface area contributed by atoms with Crippen molar-refractivity contribution < 1.29 is 33.6 Å². The molecule has 0 radical (unpaired) electrons. The topological polar surface area (TPSA) is 94.5 Å². The van der Waals surface area contributed by atoms with Crippen LogP contribution in [0, 0.1) is 6.92 Å². The third-order valence-corrected chi connectivity index (χ3v) is 6.25. The molecule has 8 heteroatoms. The zero-order chi connectivity index (χ0) is 27.8. The number of aliphatic hydroxyl groups excluding tert-OH is 1. The fourth-order valence-corrected chi connectivity index (χ4v) is 4.47. The van der Waals surface area contributed by atoms with Crippen molar-refractivity contribution >= 4 is 17.4 Å². The van der Waals surface area contributed by atoms with E-state index in [0.717, 1.165) is 12.0 Å². The molecule has 1 heterocycles. The number of hydrogen-bond acceptors (Lipinski definition) is 7. The fraction of sp³-hybridized carbons (Fsp3) is 0.467. The van der Waals surface area contributed by atoms with Gasteiger partial charge >= 0.3 is 0 Å². The standard InChI is InChI=1S/C30H39NO7/c1-7-15-38-23-12-11-22(17-20(23)5)28(32)26-27(21-10-13-24(35-6)25(18-21)36-8-2)31(30(34)29(26)33)14-9-16-37-19(3)4/h10-13,17-19,27,32H,7-9,14-16H2,1-6H3/b28-26-. The van der Waals surface area contributed by atoms with Crippen molar-refractivity contribution in [3.05, 3.63) is 58.7 Å². The van der Waals surface area contributed by atoms with Crippen molar-refractivity contribution in [1.29, 1.82) is 0 Å². The van der Waals surface area contributed by atoms with Crippen LogP contribution in [-0.4, -0.2) is 61.3 Å². The highest BCUT2D eigenvalue weighted by atomic mass is 16.5. The molecule has 0 saturated carbocycles. The third-order valence-electron chi connectivity index (χ3n) is 6.25. The zero-order valence-corrected chi connectivity index (χ0v) is 23.2. The maximum absolute atomic E-state index is 13.4. The van der Waals surface area contributed by atoms with E-state index in [1.165, 1.54) is 4.90 Å². The van der Waals surface area contributed by atoms with Crippen LogP contribution in [-0.2, 0) is 14.3 Å². The first-order valence-electron chi connectivity index (χ1n) is 13.2. The van der Waals surface area contributed by atoms with Crippen molar-refractivity contribution in [2.75, 3.05) is 33.5 Å². The number of aryl methyl sites for hydroxylation is 1. The lowest BCUT2D eigenvalue weighted by molar-refractivity contribution is -0.140. The average Bonchev–Trinajstić information content (AvgIpc) is 3.15. The summed E-state index contributed by atoms with van der Waals surface area (Å²) in [4.78, 5) is 28.1. The summed E-state index contributed by atoms with van der Waals surface area (Å²) >= 11 is 0. The molecule has 8 nitrogen and oxygen atoms in total. The molecule has 1 N–H and O–H groups in total. The third kappa shape index (κ3) is 6.48. The van der Waals surface area contributed by atoms with Gasteiger partial charge in [0.05, 0.1) is 38.0 Å². The molecule has 1 atom stereocenters. The lowest BCUT2D eigenvalue weighted by Gasteiger charge is -2.26. The second kappa shape index (κ2) is 13.3. The molecule has 0 bridgehead atoms. The monoisotopic (exact) mass is 525 g/mol. The number of ether oxygens (including phenoxy) is 4. The van der Waals surface area contributed by atoms with Gasteiger partial charge in [-0.15, -0.1) is 0 Å². The van der Waals surface area contributed by atoms with Gasteiger partial charge in [-0.05, 0) is 82.0 Å². The van der Waals surface area contributed by atoms with Gasteiger partial charge in [0.25, 0.3) is 11.7 Å². The summed E-state index contributed by atoms with van der Waals surface area (Å²) in [5.74, 6) is 0.130. The van der Waals surface area contributed by atoms with E-state index in [1.807, 2.05) is 34.6 Å². The number of Topliss-reactive ketones (excluding diaryl/α,β-unsaturated/α-hetero) is 1. The Labute approximate surface area is 225 Å². The van der Waals surface area contributed by atoms with Crippen molar-refractivity contribution in [3.8, 4) is 17.2 Å². The molecule has 1 fully saturated rings. The van der Waals surface area contributed by atoms with E-state index in [1.54, 1.807) is 43.5 Å². The lowest BCUT2D eigenvalue weighted by atomic mass is 9.94. The summed E-state index contributed by atoms with van der Waals surface area (Å²) in [6, 6.07) is 9.73.